The summed E-state index contributed by atoms with van der Waals surface area (Å²) in [4.78, 5) is 0. The van der Waals surface area contributed by atoms with Crippen LogP contribution in [0.4, 0.5) is 0 Å². The third kappa shape index (κ3) is 2.79. The second kappa shape index (κ2) is 5.40. The van der Waals surface area contributed by atoms with E-state index in [0.29, 0.717) is 13.0 Å². The van der Waals surface area contributed by atoms with E-state index in [0.717, 1.165) is 24.4 Å². The number of fused-ring (bicyclic) bond motifs is 1. The van der Waals surface area contributed by atoms with Gasteiger partial charge >= 0.3 is 0 Å². The van der Waals surface area contributed by atoms with Gasteiger partial charge in [0.25, 0.3) is 0 Å². The molecule has 0 N–H and O–H groups in total. The minimum absolute atomic E-state index is 0.433. The molecule has 0 bridgehead atoms. The number of hydrogen-bond acceptors (Lipinski definition) is 3. The Hall–Kier alpha value is -1.95. The molecule has 2 rings (SSSR count). The Morgan fingerprint density at radius 1 is 1.35 bits per heavy atom. The van der Waals surface area contributed by atoms with Crippen LogP contribution in [0, 0.1) is 11.3 Å². The van der Waals surface area contributed by atoms with E-state index in [9.17, 15) is 0 Å². The van der Waals surface area contributed by atoms with E-state index in [1.165, 1.54) is 11.1 Å². The highest BCUT2D eigenvalue weighted by Gasteiger charge is 2.12. The lowest BCUT2D eigenvalue weighted by atomic mass is 9.95. The Morgan fingerprint density at radius 2 is 2.24 bits per heavy atom. The highest BCUT2D eigenvalue weighted by atomic mass is 16.5. The highest BCUT2D eigenvalue weighted by molar-refractivity contribution is 5.41. The van der Waals surface area contributed by atoms with Crippen molar-refractivity contribution in [3.05, 3.63) is 41.2 Å². The number of methoxy groups -OCH3 is 1. The zero-order valence-electron chi connectivity index (χ0n) is 9.90. The SMILES string of the molecule is COc1ccc2c(c1)CC(OCCC#N)=CC2. The predicted molar refractivity (Wildman–Crippen MR) is 64.7 cm³/mol. The topological polar surface area (TPSA) is 42.2 Å². The van der Waals surface area contributed by atoms with Gasteiger partial charge in [0, 0.05) is 6.42 Å². The number of ether oxygens (including phenoxy) is 2. The fourth-order valence-electron chi connectivity index (χ4n) is 1.91. The molecule has 0 saturated heterocycles. The van der Waals surface area contributed by atoms with E-state index in [-0.39, 0.29) is 0 Å². The fraction of sp³-hybridized carbons (Fsp3) is 0.357. The van der Waals surface area contributed by atoms with Gasteiger partial charge in [-0.05, 0) is 35.8 Å². The zero-order valence-corrected chi connectivity index (χ0v) is 9.90. The van der Waals surface area contributed by atoms with Gasteiger partial charge in [-0.3, -0.25) is 0 Å². The van der Waals surface area contributed by atoms with E-state index in [1.807, 2.05) is 6.07 Å². The number of benzene rings is 1. The molecule has 0 heterocycles. The number of allylic oxidation sites excluding steroid dienone is 2. The Balaban J connectivity index is 2.04. The molecular formula is C14H15NO2. The summed E-state index contributed by atoms with van der Waals surface area (Å²) < 4.78 is 10.8. The van der Waals surface area contributed by atoms with E-state index < -0.39 is 0 Å². The van der Waals surface area contributed by atoms with Crippen LogP contribution in [-0.4, -0.2) is 13.7 Å². The molecule has 0 atom stereocenters. The standard InChI is InChI=1S/C14H15NO2/c1-16-13-5-3-11-4-6-14(10-12(11)9-13)17-8-2-7-15/h3,5-6,9H,2,4,8,10H2,1H3. The lowest BCUT2D eigenvalue weighted by molar-refractivity contribution is 0.210. The van der Waals surface area contributed by atoms with Gasteiger partial charge in [-0.25, -0.2) is 0 Å². The largest absolute Gasteiger partial charge is 0.497 e. The Morgan fingerprint density at radius 3 is 3.00 bits per heavy atom. The minimum Gasteiger partial charge on any atom is -0.497 e. The van der Waals surface area contributed by atoms with Gasteiger partial charge in [0.05, 0.1) is 25.4 Å². The molecular weight excluding hydrogens is 214 g/mol. The van der Waals surface area contributed by atoms with Crippen molar-refractivity contribution in [2.24, 2.45) is 0 Å². The molecule has 3 heteroatoms. The summed E-state index contributed by atoms with van der Waals surface area (Å²) in [6.45, 7) is 0.474. The maximum Gasteiger partial charge on any atom is 0.119 e. The van der Waals surface area contributed by atoms with Crippen LogP contribution >= 0.6 is 0 Å². The van der Waals surface area contributed by atoms with Crippen molar-refractivity contribution in [2.45, 2.75) is 19.3 Å². The molecule has 0 radical (unpaired) electrons. The summed E-state index contributed by atoms with van der Waals surface area (Å²) in [6, 6.07) is 8.20. The number of rotatable bonds is 4. The van der Waals surface area contributed by atoms with Crippen LogP contribution < -0.4 is 4.74 Å². The lowest BCUT2D eigenvalue weighted by Crippen LogP contribution is -2.06. The van der Waals surface area contributed by atoms with Gasteiger partial charge in [-0.1, -0.05) is 6.07 Å². The first kappa shape index (κ1) is 11.5. The van der Waals surface area contributed by atoms with Crippen molar-refractivity contribution < 1.29 is 9.47 Å². The molecule has 88 valence electrons. The van der Waals surface area contributed by atoms with Crippen LogP contribution in [-0.2, 0) is 17.6 Å². The molecule has 1 aromatic rings. The van der Waals surface area contributed by atoms with Gasteiger partial charge < -0.3 is 9.47 Å². The Labute approximate surface area is 101 Å². The van der Waals surface area contributed by atoms with E-state index >= 15 is 0 Å². The number of hydrogen-bond donors (Lipinski definition) is 0. The van der Waals surface area contributed by atoms with Gasteiger partial charge in [0.1, 0.15) is 12.4 Å². The summed E-state index contributed by atoms with van der Waals surface area (Å²) >= 11 is 0. The summed E-state index contributed by atoms with van der Waals surface area (Å²) in [5.41, 5.74) is 2.57. The maximum atomic E-state index is 8.46. The fourth-order valence-corrected chi connectivity index (χ4v) is 1.91. The third-order valence-corrected chi connectivity index (χ3v) is 2.83. The van der Waals surface area contributed by atoms with E-state index in [2.05, 4.69) is 24.3 Å². The van der Waals surface area contributed by atoms with E-state index in [1.54, 1.807) is 7.11 Å². The normalized spacial score (nSPS) is 13.3. The number of nitriles is 1. The monoisotopic (exact) mass is 229 g/mol. The van der Waals surface area contributed by atoms with Crippen LogP contribution in [0.25, 0.3) is 0 Å². The van der Waals surface area contributed by atoms with Crippen molar-refractivity contribution in [1.29, 1.82) is 5.26 Å². The van der Waals surface area contributed by atoms with Gasteiger partial charge in [-0.15, -0.1) is 0 Å². The molecule has 0 aromatic heterocycles. The molecule has 0 unspecified atom stereocenters. The van der Waals surface area contributed by atoms with Crippen LogP contribution in [0.15, 0.2) is 30.0 Å². The summed E-state index contributed by atoms with van der Waals surface area (Å²) in [7, 11) is 1.67. The van der Waals surface area contributed by atoms with Crippen LogP contribution in [0.3, 0.4) is 0 Å². The van der Waals surface area contributed by atoms with Crippen molar-refractivity contribution >= 4 is 0 Å². The highest BCUT2D eigenvalue weighted by Crippen LogP contribution is 2.25. The molecule has 0 aliphatic heterocycles. The minimum atomic E-state index is 0.433. The van der Waals surface area contributed by atoms with Crippen molar-refractivity contribution in [3.8, 4) is 11.8 Å². The van der Waals surface area contributed by atoms with Gasteiger partial charge in [0.2, 0.25) is 0 Å². The smallest absolute Gasteiger partial charge is 0.119 e. The van der Waals surface area contributed by atoms with Crippen LogP contribution in [0.1, 0.15) is 17.5 Å². The molecule has 0 saturated carbocycles. The molecule has 17 heavy (non-hydrogen) atoms. The van der Waals surface area contributed by atoms with Crippen LogP contribution in [0.5, 0.6) is 5.75 Å². The molecule has 0 spiro atoms. The van der Waals surface area contributed by atoms with E-state index in [4.69, 9.17) is 14.7 Å². The summed E-state index contributed by atoms with van der Waals surface area (Å²) in [6.07, 6.45) is 4.20. The molecule has 0 amide bonds. The molecule has 1 aliphatic carbocycles. The summed E-state index contributed by atoms with van der Waals surface area (Å²) in [5.74, 6) is 1.84. The quantitative estimate of drug-likeness (QED) is 0.745. The first-order chi connectivity index (χ1) is 8.33. The van der Waals surface area contributed by atoms with Crippen molar-refractivity contribution in [3.63, 3.8) is 0 Å². The average Bonchev–Trinajstić information content (AvgIpc) is 2.38. The molecule has 0 fully saturated rings. The first-order valence-corrected chi connectivity index (χ1v) is 5.68. The van der Waals surface area contributed by atoms with Crippen molar-refractivity contribution in [2.75, 3.05) is 13.7 Å². The Bertz CT molecular complexity index is 472. The second-order valence-electron chi connectivity index (χ2n) is 3.94. The van der Waals surface area contributed by atoms with Gasteiger partial charge in [-0.2, -0.15) is 5.26 Å². The van der Waals surface area contributed by atoms with Crippen molar-refractivity contribution in [1.82, 2.24) is 0 Å². The average molecular weight is 229 g/mol. The van der Waals surface area contributed by atoms with Crippen LogP contribution in [0.2, 0.25) is 0 Å². The molecule has 3 nitrogen and oxygen atoms in total. The maximum absolute atomic E-state index is 8.46. The lowest BCUT2D eigenvalue weighted by Gasteiger charge is -2.18. The van der Waals surface area contributed by atoms with Gasteiger partial charge in [0.15, 0.2) is 0 Å². The molecule has 1 aromatic carbocycles. The predicted octanol–water partition coefficient (Wildman–Crippen LogP) is 2.61. The first-order valence-electron chi connectivity index (χ1n) is 5.68. The molecule has 1 aliphatic rings. The zero-order chi connectivity index (χ0) is 12.1. The third-order valence-electron chi connectivity index (χ3n) is 2.83. The number of nitrogens with zero attached hydrogens (tertiary/aromatic N) is 1. The Kier molecular flexibility index (Phi) is 3.66. The summed E-state index contributed by atoms with van der Waals surface area (Å²) in [5, 5.41) is 8.46. The second-order valence-corrected chi connectivity index (χ2v) is 3.94.